The molecule has 0 spiro atoms. The van der Waals surface area contributed by atoms with Crippen molar-refractivity contribution in [1.29, 1.82) is 5.26 Å². The third-order valence-electron chi connectivity index (χ3n) is 2.94. The molecule has 7 heteroatoms. The lowest BCUT2D eigenvalue weighted by Crippen LogP contribution is -2.34. The van der Waals surface area contributed by atoms with Gasteiger partial charge in [-0.1, -0.05) is 11.6 Å². The fraction of sp³-hybridized carbons (Fsp3) is 0.417. The second-order valence-electron chi connectivity index (χ2n) is 4.44. The summed E-state index contributed by atoms with van der Waals surface area (Å²) in [6, 6.07) is 6.30. The van der Waals surface area contributed by atoms with Crippen LogP contribution in [0.2, 0.25) is 5.02 Å². The average Bonchev–Trinajstić information content (AvgIpc) is 3.13. The van der Waals surface area contributed by atoms with E-state index < -0.39 is 10.0 Å². The van der Waals surface area contributed by atoms with Crippen LogP contribution >= 0.6 is 11.6 Å². The first-order chi connectivity index (χ1) is 8.96. The van der Waals surface area contributed by atoms with Gasteiger partial charge in [0.25, 0.3) is 0 Å². The highest BCUT2D eigenvalue weighted by molar-refractivity contribution is 7.89. The van der Waals surface area contributed by atoms with Gasteiger partial charge in [0.1, 0.15) is 4.90 Å². The van der Waals surface area contributed by atoms with E-state index in [0.717, 1.165) is 12.8 Å². The summed E-state index contributed by atoms with van der Waals surface area (Å²) < 4.78 is 26.5. The van der Waals surface area contributed by atoms with E-state index in [1.165, 1.54) is 22.5 Å². The minimum Gasteiger partial charge on any atom is -0.399 e. The molecule has 0 unspecified atom stereocenters. The van der Waals surface area contributed by atoms with Crippen LogP contribution in [0, 0.1) is 11.3 Å². The van der Waals surface area contributed by atoms with Gasteiger partial charge in [-0.25, -0.2) is 8.42 Å². The van der Waals surface area contributed by atoms with E-state index in [1.807, 2.05) is 6.07 Å². The standard InChI is InChI=1S/C12H14ClN3O2S/c13-11-8-9(15)2-5-12(11)19(17,18)16(7-1-6-14)10-3-4-10/h2,5,8,10H,1,3-4,7,15H2. The summed E-state index contributed by atoms with van der Waals surface area (Å²) in [4.78, 5) is 0.0493. The summed E-state index contributed by atoms with van der Waals surface area (Å²) in [6.07, 6.45) is 1.83. The van der Waals surface area contributed by atoms with E-state index in [0.29, 0.717) is 5.69 Å². The van der Waals surface area contributed by atoms with Crippen LogP contribution in [0.4, 0.5) is 5.69 Å². The summed E-state index contributed by atoms with van der Waals surface area (Å²) in [6.45, 7) is 0.199. The van der Waals surface area contributed by atoms with Gasteiger partial charge in [0.15, 0.2) is 0 Å². The molecule has 102 valence electrons. The van der Waals surface area contributed by atoms with Crippen LogP contribution in [-0.2, 0) is 10.0 Å². The van der Waals surface area contributed by atoms with E-state index >= 15 is 0 Å². The number of hydrogen-bond donors (Lipinski definition) is 1. The molecular weight excluding hydrogens is 286 g/mol. The van der Waals surface area contributed by atoms with Crippen molar-refractivity contribution in [2.45, 2.75) is 30.2 Å². The first-order valence-corrected chi connectivity index (χ1v) is 7.72. The van der Waals surface area contributed by atoms with Gasteiger partial charge in [-0.05, 0) is 31.0 Å². The Kier molecular flexibility index (Phi) is 3.99. The Bertz CT molecular complexity index is 620. The number of rotatable bonds is 5. The van der Waals surface area contributed by atoms with Crippen LogP contribution < -0.4 is 5.73 Å². The molecule has 19 heavy (non-hydrogen) atoms. The molecule has 0 bridgehead atoms. The highest BCUT2D eigenvalue weighted by atomic mass is 35.5. The molecule has 0 heterocycles. The molecule has 0 atom stereocenters. The van der Waals surface area contributed by atoms with Gasteiger partial charge >= 0.3 is 0 Å². The van der Waals surface area contributed by atoms with Gasteiger partial charge in [-0.15, -0.1) is 0 Å². The van der Waals surface area contributed by atoms with E-state index in [4.69, 9.17) is 22.6 Å². The maximum Gasteiger partial charge on any atom is 0.244 e. The Morgan fingerprint density at radius 1 is 1.47 bits per heavy atom. The number of benzene rings is 1. The molecule has 0 aromatic heterocycles. The third kappa shape index (κ3) is 3.00. The zero-order valence-corrected chi connectivity index (χ0v) is 11.8. The molecule has 1 aliphatic carbocycles. The minimum atomic E-state index is -3.66. The SMILES string of the molecule is N#CCCN(C1CC1)S(=O)(=O)c1ccc(N)cc1Cl. The van der Waals surface area contributed by atoms with Crippen LogP contribution in [-0.4, -0.2) is 25.3 Å². The second kappa shape index (κ2) is 5.37. The third-order valence-corrected chi connectivity index (χ3v) is 5.38. The Labute approximate surface area is 117 Å². The van der Waals surface area contributed by atoms with Crippen molar-refractivity contribution in [2.24, 2.45) is 0 Å². The lowest BCUT2D eigenvalue weighted by atomic mass is 10.3. The Morgan fingerprint density at radius 3 is 2.68 bits per heavy atom. The number of sulfonamides is 1. The van der Waals surface area contributed by atoms with Crippen molar-refractivity contribution in [2.75, 3.05) is 12.3 Å². The molecule has 1 aliphatic rings. The van der Waals surface area contributed by atoms with E-state index in [1.54, 1.807) is 0 Å². The molecular formula is C12H14ClN3O2S. The zero-order valence-electron chi connectivity index (χ0n) is 10.2. The molecule has 0 amide bonds. The smallest absolute Gasteiger partial charge is 0.244 e. The quantitative estimate of drug-likeness (QED) is 0.842. The first kappa shape index (κ1) is 14.1. The van der Waals surface area contributed by atoms with E-state index in [2.05, 4.69) is 0 Å². The van der Waals surface area contributed by atoms with Crippen molar-refractivity contribution < 1.29 is 8.42 Å². The molecule has 1 fully saturated rings. The van der Waals surface area contributed by atoms with Gasteiger partial charge in [0.2, 0.25) is 10.0 Å². The van der Waals surface area contributed by atoms with Crippen molar-refractivity contribution in [3.8, 4) is 6.07 Å². The average molecular weight is 300 g/mol. The molecule has 5 nitrogen and oxygen atoms in total. The van der Waals surface area contributed by atoms with Crippen LogP contribution in [0.1, 0.15) is 19.3 Å². The van der Waals surface area contributed by atoms with Crippen molar-refractivity contribution >= 4 is 27.3 Å². The second-order valence-corrected chi connectivity index (χ2v) is 6.71. The summed E-state index contributed by atoms with van der Waals surface area (Å²) in [7, 11) is -3.66. The predicted molar refractivity (Wildman–Crippen MR) is 73.0 cm³/mol. The number of hydrogen-bond acceptors (Lipinski definition) is 4. The van der Waals surface area contributed by atoms with Crippen molar-refractivity contribution in [1.82, 2.24) is 4.31 Å². The summed E-state index contributed by atoms with van der Waals surface area (Å²) >= 11 is 5.97. The highest BCUT2D eigenvalue weighted by Gasteiger charge is 2.38. The number of nitrogens with zero attached hydrogens (tertiary/aromatic N) is 2. The highest BCUT2D eigenvalue weighted by Crippen LogP contribution is 2.34. The van der Waals surface area contributed by atoms with Crippen LogP contribution in [0.15, 0.2) is 23.1 Å². The maximum absolute atomic E-state index is 12.5. The largest absolute Gasteiger partial charge is 0.399 e. The monoisotopic (exact) mass is 299 g/mol. The molecule has 1 saturated carbocycles. The normalized spacial score (nSPS) is 15.4. The van der Waals surface area contributed by atoms with Crippen LogP contribution in [0.5, 0.6) is 0 Å². The lowest BCUT2D eigenvalue weighted by molar-refractivity contribution is 0.411. The fourth-order valence-electron chi connectivity index (χ4n) is 1.87. The summed E-state index contributed by atoms with van der Waals surface area (Å²) in [5.41, 5.74) is 5.98. The molecule has 1 aromatic rings. The molecule has 0 aliphatic heterocycles. The molecule has 1 aromatic carbocycles. The van der Waals surface area contributed by atoms with Gasteiger partial charge in [-0.2, -0.15) is 9.57 Å². The number of nitriles is 1. The Morgan fingerprint density at radius 2 is 2.16 bits per heavy atom. The van der Waals surface area contributed by atoms with Crippen LogP contribution in [0.25, 0.3) is 0 Å². The van der Waals surface area contributed by atoms with Crippen molar-refractivity contribution in [3.63, 3.8) is 0 Å². The molecule has 2 rings (SSSR count). The number of anilines is 1. The van der Waals surface area contributed by atoms with Gasteiger partial charge in [-0.3, -0.25) is 0 Å². The minimum absolute atomic E-state index is 0.00744. The van der Waals surface area contributed by atoms with Crippen LogP contribution in [0.3, 0.4) is 0 Å². The van der Waals surface area contributed by atoms with Gasteiger partial charge in [0.05, 0.1) is 11.1 Å². The summed E-state index contributed by atoms with van der Waals surface area (Å²) in [5, 5.41) is 8.74. The van der Waals surface area contributed by atoms with E-state index in [-0.39, 0.29) is 28.9 Å². The zero-order chi connectivity index (χ0) is 14.0. The van der Waals surface area contributed by atoms with Gasteiger partial charge < -0.3 is 5.73 Å². The summed E-state index contributed by atoms with van der Waals surface area (Å²) in [5.74, 6) is 0. The fourth-order valence-corrected chi connectivity index (χ4v) is 4.09. The maximum atomic E-state index is 12.5. The Hall–Kier alpha value is -1.29. The molecule has 0 saturated heterocycles. The van der Waals surface area contributed by atoms with E-state index in [9.17, 15) is 8.42 Å². The Balaban J connectivity index is 2.36. The number of nitrogen functional groups attached to an aromatic ring is 1. The van der Waals surface area contributed by atoms with Gasteiger partial charge in [0, 0.05) is 24.7 Å². The predicted octanol–water partition coefficient (Wildman–Crippen LogP) is 1.99. The molecule has 2 N–H and O–H groups in total. The lowest BCUT2D eigenvalue weighted by Gasteiger charge is -2.21. The topological polar surface area (TPSA) is 87.2 Å². The number of halogens is 1. The van der Waals surface area contributed by atoms with Crippen molar-refractivity contribution in [3.05, 3.63) is 23.2 Å². The first-order valence-electron chi connectivity index (χ1n) is 5.90. The molecule has 0 radical (unpaired) electrons. The number of nitrogens with two attached hydrogens (primary N) is 1.